The zero-order chi connectivity index (χ0) is 21.2. The normalized spacial score (nSPS) is 10.8. The van der Waals surface area contributed by atoms with Crippen LogP contribution in [0.25, 0.3) is 11.0 Å². The number of rotatable bonds is 11. The van der Waals surface area contributed by atoms with Crippen molar-refractivity contribution >= 4 is 22.8 Å². The Balaban J connectivity index is 1.58. The van der Waals surface area contributed by atoms with Gasteiger partial charge in [0.1, 0.15) is 12.4 Å². The van der Waals surface area contributed by atoms with Crippen LogP contribution in [0.2, 0.25) is 0 Å². The summed E-state index contributed by atoms with van der Waals surface area (Å²) in [6, 6.07) is 17.0. The molecule has 0 aliphatic carbocycles. The summed E-state index contributed by atoms with van der Waals surface area (Å²) in [7, 11) is 1.65. The van der Waals surface area contributed by atoms with Crippen LogP contribution in [0.5, 0.6) is 0 Å². The number of carbonyl (C=O) groups is 2. The number of hydrogen-bond donors (Lipinski definition) is 2. The van der Waals surface area contributed by atoms with Crippen molar-refractivity contribution in [1.29, 1.82) is 0 Å². The number of carbonyl (C=O) groups excluding carboxylic acids is 2. The molecule has 0 aliphatic rings. The Kier molecular flexibility index (Phi) is 7.97. The monoisotopic (exact) mass is 408 g/mol. The summed E-state index contributed by atoms with van der Waals surface area (Å²) in [6.45, 7) is 1.97. The molecule has 0 spiro atoms. The Morgan fingerprint density at radius 1 is 0.967 bits per heavy atom. The summed E-state index contributed by atoms with van der Waals surface area (Å²) < 4.78 is 6.97. The highest BCUT2D eigenvalue weighted by atomic mass is 16.5. The van der Waals surface area contributed by atoms with Crippen LogP contribution in [0.4, 0.5) is 0 Å². The lowest BCUT2D eigenvalue weighted by Crippen LogP contribution is -2.29. The van der Waals surface area contributed by atoms with Gasteiger partial charge in [-0.15, -0.1) is 0 Å². The summed E-state index contributed by atoms with van der Waals surface area (Å²) in [5, 5.41) is 5.86. The molecule has 3 rings (SSSR count). The summed E-state index contributed by atoms with van der Waals surface area (Å²) in [5.74, 6) is 0.713. The van der Waals surface area contributed by atoms with E-state index < -0.39 is 0 Å². The third kappa shape index (κ3) is 5.90. The predicted octanol–water partition coefficient (Wildman–Crippen LogP) is 2.55. The first-order valence-electron chi connectivity index (χ1n) is 10.2. The topological polar surface area (TPSA) is 85.2 Å². The summed E-state index contributed by atoms with van der Waals surface area (Å²) in [4.78, 5) is 29.3. The molecule has 2 amide bonds. The van der Waals surface area contributed by atoms with Gasteiger partial charge in [-0.1, -0.05) is 30.3 Å². The van der Waals surface area contributed by atoms with Crippen molar-refractivity contribution in [1.82, 2.24) is 20.2 Å². The quantitative estimate of drug-likeness (QED) is 0.478. The van der Waals surface area contributed by atoms with E-state index in [9.17, 15) is 9.59 Å². The van der Waals surface area contributed by atoms with Crippen molar-refractivity contribution in [2.24, 2.45) is 0 Å². The second kappa shape index (κ2) is 11.1. The number of nitrogens with zero attached hydrogens (tertiary/aromatic N) is 2. The molecular weight excluding hydrogens is 380 g/mol. The molecule has 0 atom stereocenters. The minimum absolute atomic E-state index is 0.0483. The smallest absolute Gasteiger partial charge is 0.251 e. The maximum Gasteiger partial charge on any atom is 0.251 e. The molecular formula is C23H28N4O3. The Morgan fingerprint density at radius 3 is 2.50 bits per heavy atom. The summed E-state index contributed by atoms with van der Waals surface area (Å²) >= 11 is 0. The molecule has 3 aromatic rings. The van der Waals surface area contributed by atoms with Crippen LogP contribution < -0.4 is 10.6 Å². The third-order valence-electron chi connectivity index (χ3n) is 4.78. The van der Waals surface area contributed by atoms with Crippen molar-refractivity contribution in [3.8, 4) is 0 Å². The second-order valence-electron chi connectivity index (χ2n) is 7.02. The molecule has 1 heterocycles. The number of methoxy groups -OCH3 is 1. The van der Waals surface area contributed by atoms with Gasteiger partial charge in [0.05, 0.1) is 11.0 Å². The molecule has 0 radical (unpaired) electrons. The molecule has 2 aromatic carbocycles. The summed E-state index contributed by atoms with van der Waals surface area (Å²) in [6.07, 6.45) is 2.18. The van der Waals surface area contributed by atoms with Gasteiger partial charge in [-0.2, -0.15) is 0 Å². The molecule has 0 saturated carbocycles. The lowest BCUT2D eigenvalue weighted by Gasteiger charge is -2.10. The maximum absolute atomic E-state index is 12.4. The predicted molar refractivity (Wildman–Crippen MR) is 116 cm³/mol. The van der Waals surface area contributed by atoms with E-state index in [1.165, 1.54) is 0 Å². The van der Waals surface area contributed by atoms with Gasteiger partial charge < -0.3 is 19.9 Å². The summed E-state index contributed by atoms with van der Waals surface area (Å²) in [5.41, 5.74) is 2.45. The van der Waals surface area contributed by atoms with Crippen LogP contribution in [0.3, 0.4) is 0 Å². The number of imidazole rings is 1. The molecule has 0 aliphatic heterocycles. The van der Waals surface area contributed by atoms with Gasteiger partial charge in [-0.05, 0) is 37.1 Å². The molecule has 2 N–H and O–H groups in total. The average Bonchev–Trinajstić information content (AvgIpc) is 3.12. The molecule has 1 aromatic heterocycles. The lowest BCUT2D eigenvalue weighted by atomic mass is 10.2. The number of ether oxygens (including phenoxy) is 1. The van der Waals surface area contributed by atoms with E-state index in [1.807, 2.05) is 47.0 Å². The van der Waals surface area contributed by atoms with Crippen molar-refractivity contribution in [2.75, 3.05) is 26.8 Å². The highest BCUT2D eigenvalue weighted by Crippen LogP contribution is 2.17. The van der Waals surface area contributed by atoms with Crippen LogP contribution >= 0.6 is 0 Å². The fourth-order valence-electron chi connectivity index (χ4n) is 3.28. The van der Waals surface area contributed by atoms with Gasteiger partial charge in [0.2, 0.25) is 5.91 Å². The van der Waals surface area contributed by atoms with Crippen molar-refractivity contribution in [3.63, 3.8) is 0 Å². The van der Waals surface area contributed by atoms with Gasteiger partial charge in [0.15, 0.2) is 0 Å². The van der Waals surface area contributed by atoms with Gasteiger partial charge in [0.25, 0.3) is 5.91 Å². The first-order valence-corrected chi connectivity index (χ1v) is 10.2. The van der Waals surface area contributed by atoms with Crippen LogP contribution in [0, 0.1) is 0 Å². The van der Waals surface area contributed by atoms with E-state index in [0.717, 1.165) is 29.7 Å². The number of hydrogen-bond acceptors (Lipinski definition) is 4. The first kappa shape index (κ1) is 21.5. The van der Waals surface area contributed by atoms with Crippen molar-refractivity contribution in [3.05, 3.63) is 66.0 Å². The minimum atomic E-state index is -0.0838. The second-order valence-corrected chi connectivity index (χ2v) is 7.02. The Bertz CT molecular complexity index is 969. The SMILES string of the molecule is COCCCNC(=O)Cn1c(CCCNC(=O)c2ccccc2)nc2ccccc21. The first-order chi connectivity index (χ1) is 14.7. The Labute approximate surface area is 176 Å². The Hall–Kier alpha value is -3.19. The molecule has 30 heavy (non-hydrogen) atoms. The standard InChI is InChI=1S/C23H28N4O3/c1-30-16-8-15-24-22(28)17-27-20-12-6-5-11-19(20)26-21(27)13-7-14-25-23(29)18-9-3-2-4-10-18/h2-6,9-12H,7-8,13-17H2,1H3,(H,24,28)(H,25,29). The number of fused-ring (bicyclic) bond motifs is 1. The van der Waals surface area contributed by atoms with Gasteiger partial charge in [0, 0.05) is 38.8 Å². The van der Waals surface area contributed by atoms with Gasteiger partial charge in [-0.3, -0.25) is 9.59 Å². The van der Waals surface area contributed by atoms with Crippen LogP contribution in [0.1, 0.15) is 29.0 Å². The number of aromatic nitrogens is 2. The molecule has 7 heteroatoms. The zero-order valence-electron chi connectivity index (χ0n) is 17.3. The Morgan fingerprint density at radius 2 is 1.70 bits per heavy atom. The fourth-order valence-corrected chi connectivity index (χ4v) is 3.28. The van der Waals surface area contributed by atoms with E-state index in [0.29, 0.717) is 31.7 Å². The van der Waals surface area contributed by atoms with Crippen LogP contribution in [0.15, 0.2) is 54.6 Å². The van der Waals surface area contributed by atoms with Crippen LogP contribution in [-0.4, -0.2) is 48.2 Å². The van der Waals surface area contributed by atoms with Crippen LogP contribution in [-0.2, 0) is 22.5 Å². The molecule has 0 bridgehead atoms. The van der Waals surface area contributed by atoms with Gasteiger partial charge >= 0.3 is 0 Å². The highest BCUT2D eigenvalue weighted by Gasteiger charge is 2.13. The molecule has 7 nitrogen and oxygen atoms in total. The van der Waals surface area contributed by atoms with E-state index in [2.05, 4.69) is 10.6 Å². The minimum Gasteiger partial charge on any atom is -0.385 e. The van der Waals surface area contributed by atoms with Crippen molar-refractivity contribution < 1.29 is 14.3 Å². The zero-order valence-corrected chi connectivity index (χ0v) is 17.3. The number of amides is 2. The number of benzene rings is 2. The number of aryl methyl sites for hydroxylation is 1. The largest absolute Gasteiger partial charge is 0.385 e. The van der Waals surface area contributed by atoms with Gasteiger partial charge in [-0.25, -0.2) is 4.98 Å². The fraction of sp³-hybridized carbons (Fsp3) is 0.348. The van der Waals surface area contributed by atoms with E-state index >= 15 is 0 Å². The van der Waals surface area contributed by atoms with E-state index in [1.54, 1.807) is 19.2 Å². The number of para-hydroxylation sites is 2. The molecule has 0 fully saturated rings. The van der Waals surface area contributed by atoms with Crippen molar-refractivity contribution in [2.45, 2.75) is 25.8 Å². The van der Waals surface area contributed by atoms with E-state index in [-0.39, 0.29) is 18.4 Å². The molecule has 158 valence electrons. The van der Waals surface area contributed by atoms with E-state index in [4.69, 9.17) is 9.72 Å². The lowest BCUT2D eigenvalue weighted by molar-refractivity contribution is -0.121. The highest BCUT2D eigenvalue weighted by molar-refractivity contribution is 5.94. The molecule has 0 saturated heterocycles. The maximum atomic E-state index is 12.4. The average molecular weight is 409 g/mol. The molecule has 0 unspecified atom stereocenters. The number of nitrogens with one attached hydrogen (secondary N) is 2. The third-order valence-corrected chi connectivity index (χ3v) is 4.78.